The van der Waals surface area contributed by atoms with E-state index in [0.717, 1.165) is 18.8 Å². The van der Waals surface area contributed by atoms with E-state index in [2.05, 4.69) is 50.5 Å². The molecule has 0 bridgehead atoms. The van der Waals surface area contributed by atoms with Crippen LogP contribution in [-0.2, 0) is 9.36 Å². The Labute approximate surface area is 146 Å². The van der Waals surface area contributed by atoms with E-state index >= 15 is 0 Å². The zero-order chi connectivity index (χ0) is 17.5. The lowest BCUT2D eigenvalue weighted by Crippen LogP contribution is -2.45. The van der Waals surface area contributed by atoms with Gasteiger partial charge in [0.15, 0.2) is 0 Å². The third-order valence-corrected chi connectivity index (χ3v) is 5.67. The van der Waals surface area contributed by atoms with Crippen LogP contribution in [0.3, 0.4) is 0 Å². The number of ether oxygens (including phenoxy) is 1. The van der Waals surface area contributed by atoms with Crippen molar-refractivity contribution in [3.8, 4) is 5.75 Å². The molecule has 2 fully saturated rings. The molecule has 24 heavy (non-hydrogen) atoms. The monoisotopic (exact) mass is 350 g/mol. The van der Waals surface area contributed by atoms with E-state index in [9.17, 15) is 0 Å². The van der Waals surface area contributed by atoms with Crippen LogP contribution in [0.5, 0.6) is 5.75 Å². The van der Waals surface area contributed by atoms with Crippen molar-refractivity contribution in [3.05, 3.63) is 29.8 Å². The van der Waals surface area contributed by atoms with Gasteiger partial charge >= 0.3 is 0 Å². The summed E-state index contributed by atoms with van der Waals surface area (Å²) in [5.41, 5.74) is 1.38. The summed E-state index contributed by atoms with van der Waals surface area (Å²) in [6.45, 7) is 13.9. The molecule has 1 unspecified atom stereocenters. The lowest BCUT2D eigenvalue weighted by Gasteiger charge is -2.34. The Bertz CT molecular complexity index is 575. The van der Waals surface area contributed by atoms with Gasteiger partial charge in [-0.25, -0.2) is 0 Å². The molecule has 5 nitrogen and oxygen atoms in total. The van der Waals surface area contributed by atoms with Crippen molar-refractivity contribution < 1.29 is 14.1 Å². The lowest BCUT2D eigenvalue weighted by molar-refractivity contribution is -0.316. The molecule has 0 amide bonds. The van der Waals surface area contributed by atoms with Crippen LogP contribution in [0, 0.1) is 5.41 Å². The number of rotatable bonds is 5. The average molecular weight is 351 g/mol. The molecule has 1 aromatic rings. The minimum atomic E-state index is -1.73. The second-order valence-electron chi connectivity index (χ2n) is 8.14. The van der Waals surface area contributed by atoms with Gasteiger partial charge in [-0.1, -0.05) is 31.2 Å². The number of fused-ring (bicyclic) bond motifs is 1. The molecule has 0 radical (unpaired) electrons. The second kappa shape index (κ2) is 6.42. The zero-order valence-corrected chi connectivity index (χ0v) is 16.7. The Hall–Kier alpha value is -0.923. The van der Waals surface area contributed by atoms with Gasteiger partial charge in [0.1, 0.15) is 5.75 Å². The first kappa shape index (κ1) is 17.9. The van der Waals surface area contributed by atoms with E-state index in [0.29, 0.717) is 6.61 Å². The molecule has 0 aliphatic carbocycles. The molecule has 0 N–H and O–H groups in total. The van der Waals surface area contributed by atoms with E-state index in [1.807, 2.05) is 17.4 Å². The van der Waals surface area contributed by atoms with Crippen molar-refractivity contribution in [2.45, 2.75) is 45.6 Å². The molecule has 0 saturated carbocycles. The summed E-state index contributed by atoms with van der Waals surface area (Å²) < 4.78 is 11.6. The molecule has 2 saturated heterocycles. The van der Waals surface area contributed by atoms with Gasteiger partial charge in [-0.15, -0.1) is 0 Å². The van der Waals surface area contributed by atoms with Crippen molar-refractivity contribution in [3.63, 3.8) is 0 Å². The minimum Gasteiger partial charge on any atom is -0.497 e. The minimum absolute atomic E-state index is 0.0836. The zero-order valence-electron chi connectivity index (χ0n) is 15.7. The van der Waals surface area contributed by atoms with Gasteiger partial charge in [0.2, 0.25) is 8.32 Å². The van der Waals surface area contributed by atoms with Crippen molar-refractivity contribution >= 4 is 8.32 Å². The van der Waals surface area contributed by atoms with E-state index in [-0.39, 0.29) is 17.5 Å². The summed E-state index contributed by atoms with van der Waals surface area (Å²) in [7, 11) is -0.0274. The Balaban J connectivity index is 1.94. The highest BCUT2D eigenvalue weighted by Crippen LogP contribution is 2.50. The van der Waals surface area contributed by atoms with Gasteiger partial charge in [0.05, 0.1) is 25.8 Å². The summed E-state index contributed by atoms with van der Waals surface area (Å²) in [6, 6.07) is 8.89. The Morgan fingerprint density at radius 2 is 1.92 bits per heavy atom. The Kier molecular flexibility index (Phi) is 4.79. The molecule has 2 aliphatic heterocycles. The van der Waals surface area contributed by atoms with Crippen molar-refractivity contribution in [2.24, 2.45) is 5.41 Å². The first-order valence-corrected chi connectivity index (χ1v) is 12.2. The van der Waals surface area contributed by atoms with Gasteiger partial charge in [-0.3, -0.25) is 9.74 Å². The normalized spacial score (nSPS) is 31.4. The number of methoxy groups -OCH3 is 1. The summed E-state index contributed by atoms with van der Waals surface area (Å²) in [4.78, 5) is 8.52. The average Bonchev–Trinajstić information content (AvgIpc) is 2.99. The van der Waals surface area contributed by atoms with Crippen molar-refractivity contribution in [2.75, 3.05) is 26.8 Å². The maximum atomic E-state index is 6.27. The van der Waals surface area contributed by atoms with E-state index < -0.39 is 8.32 Å². The summed E-state index contributed by atoms with van der Waals surface area (Å²) in [5, 5.41) is 1.83. The molecule has 2 heterocycles. The summed E-state index contributed by atoms with van der Waals surface area (Å²) in [5.74, 6) is 0.889. The van der Waals surface area contributed by atoms with Gasteiger partial charge in [-0.2, -0.15) is 0 Å². The van der Waals surface area contributed by atoms with Crippen LogP contribution in [0.15, 0.2) is 24.3 Å². The van der Waals surface area contributed by atoms with E-state index in [1.165, 1.54) is 5.56 Å². The predicted molar refractivity (Wildman–Crippen MR) is 97.1 cm³/mol. The molecule has 1 aromatic carbocycles. The van der Waals surface area contributed by atoms with Gasteiger partial charge in [0, 0.05) is 12.0 Å². The number of hydroxylamine groups is 2. The van der Waals surface area contributed by atoms with Crippen molar-refractivity contribution in [1.82, 2.24) is 10.1 Å². The summed E-state index contributed by atoms with van der Waals surface area (Å²) >= 11 is 0. The number of hydrogen-bond acceptors (Lipinski definition) is 5. The molecular formula is C18H30N2O3Si. The van der Waals surface area contributed by atoms with Crippen molar-refractivity contribution in [1.29, 1.82) is 0 Å². The molecular weight excluding hydrogens is 320 g/mol. The smallest absolute Gasteiger partial charge is 0.215 e. The quantitative estimate of drug-likeness (QED) is 0.760. The van der Waals surface area contributed by atoms with Gasteiger partial charge < -0.3 is 9.26 Å². The van der Waals surface area contributed by atoms with Crippen LogP contribution in [-0.4, -0.2) is 51.3 Å². The topological polar surface area (TPSA) is 34.2 Å². The molecule has 6 heteroatoms. The molecule has 2 aliphatic rings. The molecule has 0 spiro atoms. The lowest BCUT2D eigenvalue weighted by atomic mass is 9.83. The fraction of sp³-hybridized carbons (Fsp3) is 0.667. The predicted octanol–water partition coefficient (Wildman–Crippen LogP) is 3.46. The van der Waals surface area contributed by atoms with Crippen LogP contribution < -0.4 is 4.74 Å². The SMILES string of the molecule is CCN1C[C@@]2(C)CON(O[Si](C)(C)C)C2[C@@H]1c1ccc(OC)cc1. The largest absolute Gasteiger partial charge is 0.497 e. The molecule has 3 rings (SSSR count). The first-order chi connectivity index (χ1) is 11.3. The maximum absolute atomic E-state index is 6.27. The number of likely N-dealkylation sites (N-methyl/N-ethyl adjacent to an activating group) is 1. The van der Waals surface area contributed by atoms with Crippen LogP contribution in [0.2, 0.25) is 19.6 Å². The van der Waals surface area contributed by atoms with Crippen LogP contribution in [0.1, 0.15) is 25.5 Å². The second-order valence-corrected chi connectivity index (χ2v) is 12.5. The molecule has 134 valence electrons. The number of likely N-dealkylation sites (tertiary alicyclic amines) is 1. The third kappa shape index (κ3) is 3.26. The highest BCUT2D eigenvalue weighted by Gasteiger charge is 2.58. The van der Waals surface area contributed by atoms with Gasteiger partial charge in [-0.05, 0) is 43.9 Å². The van der Waals surface area contributed by atoms with Gasteiger partial charge in [0.25, 0.3) is 0 Å². The number of nitrogens with zero attached hydrogens (tertiary/aromatic N) is 2. The number of benzene rings is 1. The Morgan fingerprint density at radius 1 is 1.25 bits per heavy atom. The fourth-order valence-corrected chi connectivity index (χ4v) is 4.59. The first-order valence-electron chi connectivity index (χ1n) is 8.77. The van der Waals surface area contributed by atoms with E-state index in [4.69, 9.17) is 14.1 Å². The van der Waals surface area contributed by atoms with Crippen LogP contribution in [0.25, 0.3) is 0 Å². The molecule has 0 aromatic heterocycles. The molecule has 3 atom stereocenters. The standard InChI is InChI=1S/C18H30N2O3Si/c1-7-19-12-18(2)13-22-20(23-24(4,5)6)17(18)16(19)14-8-10-15(21-3)11-9-14/h8-11,16-17H,7,12-13H2,1-6H3/t16-,17?,18-/m0/s1. The highest BCUT2D eigenvalue weighted by molar-refractivity contribution is 6.69. The fourth-order valence-electron chi connectivity index (χ4n) is 3.88. The summed E-state index contributed by atoms with van der Waals surface area (Å²) in [6.07, 6.45) is 0. The van der Waals surface area contributed by atoms with Crippen LogP contribution in [0.4, 0.5) is 0 Å². The maximum Gasteiger partial charge on any atom is 0.215 e. The third-order valence-electron chi connectivity index (χ3n) is 4.95. The highest BCUT2D eigenvalue weighted by atomic mass is 28.4. The Morgan fingerprint density at radius 3 is 2.46 bits per heavy atom. The van der Waals surface area contributed by atoms with Crippen LogP contribution >= 0.6 is 0 Å². The van der Waals surface area contributed by atoms with E-state index in [1.54, 1.807) is 7.11 Å². The number of hydrogen-bond donors (Lipinski definition) is 0.